The number of guanidine groups is 1. The Hall–Kier alpha value is -1.59. The lowest BCUT2D eigenvalue weighted by atomic mass is 10.1. The van der Waals surface area contributed by atoms with E-state index in [1.165, 1.54) is 11.1 Å². The monoisotopic (exact) mass is 560 g/mol. The molecular weight excluding hydrogens is 523 g/mol. The Bertz CT molecular complexity index is 739. The number of carbonyl (C=O) groups is 1. The molecule has 0 unspecified atom stereocenters. The molecule has 32 heavy (non-hydrogen) atoms. The lowest BCUT2D eigenvalue weighted by molar-refractivity contribution is -0.0390. The molecule has 0 aromatic heterocycles. The fourth-order valence-corrected chi connectivity index (χ4v) is 3.43. The summed E-state index contributed by atoms with van der Waals surface area (Å²) in [7, 11) is 1.75. The van der Waals surface area contributed by atoms with Crippen LogP contribution in [0.3, 0.4) is 0 Å². The number of ether oxygens (including phenoxy) is 3. The van der Waals surface area contributed by atoms with E-state index in [1.54, 1.807) is 11.9 Å². The number of benzene rings is 1. The molecule has 0 atom stereocenters. The molecule has 0 aliphatic carbocycles. The van der Waals surface area contributed by atoms with Crippen molar-refractivity contribution in [2.24, 2.45) is 4.99 Å². The Morgan fingerprint density at radius 3 is 2.38 bits per heavy atom. The summed E-state index contributed by atoms with van der Waals surface area (Å²) in [5, 5.41) is 6.68. The standard InChI is InChI=1S/C23H36N4O4.HI/c1-23(2,3)31-22(28)27-14-19(15-27)26-21(24-4)25-13-17-5-7-18(8-6-17)16-30-20-9-11-29-12-10-20;/h5-8,19-20H,9-16H2,1-4H3,(H2,24,25,26);1H. The number of halogens is 1. The first-order chi connectivity index (χ1) is 14.8. The van der Waals surface area contributed by atoms with Crippen molar-refractivity contribution in [2.45, 2.75) is 64.5 Å². The number of aliphatic imine (C=N–C) groups is 1. The third-order valence-corrected chi connectivity index (χ3v) is 5.23. The van der Waals surface area contributed by atoms with Crippen LogP contribution in [0, 0.1) is 0 Å². The average Bonchev–Trinajstić information content (AvgIpc) is 2.71. The third-order valence-electron chi connectivity index (χ3n) is 5.23. The molecule has 0 bridgehead atoms. The van der Waals surface area contributed by atoms with Gasteiger partial charge in [-0.15, -0.1) is 24.0 Å². The van der Waals surface area contributed by atoms with Gasteiger partial charge in [0.25, 0.3) is 0 Å². The summed E-state index contributed by atoms with van der Waals surface area (Å²) >= 11 is 0. The van der Waals surface area contributed by atoms with Crippen LogP contribution < -0.4 is 10.6 Å². The molecule has 0 spiro atoms. The number of carbonyl (C=O) groups excluding carboxylic acids is 1. The van der Waals surface area contributed by atoms with Crippen molar-refractivity contribution >= 4 is 36.0 Å². The molecule has 2 fully saturated rings. The van der Waals surface area contributed by atoms with Gasteiger partial charge < -0.3 is 29.7 Å². The minimum atomic E-state index is -0.473. The molecule has 1 aromatic rings. The number of likely N-dealkylation sites (tertiary alicyclic amines) is 1. The number of nitrogens with zero attached hydrogens (tertiary/aromatic N) is 2. The maximum absolute atomic E-state index is 12.0. The Kier molecular flexibility index (Phi) is 10.5. The molecule has 9 heteroatoms. The van der Waals surface area contributed by atoms with Crippen LogP contribution in [0.25, 0.3) is 0 Å². The van der Waals surface area contributed by atoms with Crippen LogP contribution in [0.1, 0.15) is 44.7 Å². The van der Waals surface area contributed by atoms with Crippen molar-refractivity contribution in [1.29, 1.82) is 0 Å². The normalized spacial score (nSPS) is 17.9. The van der Waals surface area contributed by atoms with E-state index < -0.39 is 5.60 Å². The van der Waals surface area contributed by atoms with Gasteiger partial charge in [-0.1, -0.05) is 24.3 Å². The molecule has 8 nitrogen and oxygen atoms in total. The van der Waals surface area contributed by atoms with Gasteiger partial charge in [-0.05, 0) is 44.7 Å². The van der Waals surface area contributed by atoms with Crippen molar-refractivity contribution in [2.75, 3.05) is 33.4 Å². The summed E-state index contributed by atoms with van der Waals surface area (Å²) in [5.41, 5.74) is 1.87. The molecule has 0 radical (unpaired) electrons. The number of hydrogen-bond acceptors (Lipinski definition) is 5. The van der Waals surface area contributed by atoms with Crippen LogP contribution in [0.2, 0.25) is 0 Å². The van der Waals surface area contributed by atoms with Crippen molar-refractivity contribution in [3.63, 3.8) is 0 Å². The molecule has 180 valence electrons. The molecule has 2 saturated heterocycles. The summed E-state index contributed by atoms with van der Waals surface area (Å²) in [6, 6.07) is 8.60. The summed E-state index contributed by atoms with van der Waals surface area (Å²) in [6.07, 6.45) is 1.99. The molecule has 0 saturated carbocycles. The highest BCUT2D eigenvalue weighted by atomic mass is 127. The van der Waals surface area contributed by atoms with Gasteiger partial charge in [0, 0.05) is 39.9 Å². The minimum absolute atomic E-state index is 0. The molecule has 2 aliphatic rings. The highest BCUT2D eigenvalue weighted by Crippen LogP contribution is 2.16. The predicted molar refractivity (Wildman–Crippen MR) is 135 cm³/mol. The molecule has 2 heterocycles. The van der Waals surface area contributed by atoms with E-state index in [-0.39, 0.29) is 36.1 Å². The largest absolute Gasteiger partial charge is 0.444 e. The average molecular weight is 560 g/mol. The van der Waals surface area contributed by atoms with Crippen LogP contribution in [0.4, 0.5) is 4.79 Å². The number of rotatable bonds is 6. The van der Waals surface area contributed by atoms with Crippen LogP contribution in [0.15, 0.2) is 29.3 Å². The van der Waals surface area contributed by atoms with E-state index in [4.69, 9.17) is 14.2 Å². The van der Waals surface area contributed by atoms with Crippen LogP contribution in [0.5, 0.6) is 0 Å². The van der Waals surface area contributed by atoms with Crippen LogP contribution in [-0.4, -0.2) is 68.1 Å². The maximum Gasteiger partial charge on any atom is 0.410 e. The molecular formula is C23H37IN4O4. The molecule has 2 aliphatic heterocycles. The van der Waals surface area contributed by atoms with Crippen molar-refractivity contribution in [1.82, 2.24) is 15.5 Å². The lowest BCUT2D eigenvalue weighted by Crippen LogP contribution is -2.63. The lowest BCUT2D eigenvalue weighted by Gasteiger charge is -2.40. The highest BCUT2D eigenvalue weighted by Gasteiger charge is 2.34. The third kappa shape index (κ3) is 8.74. The van der Waals surface area contributed by atoms with Gasteiger partial charge in [0.1, 0.15) is 5.60 Å². The van der Waals surface area contributed by atoms with Gasteiger partial charge in [0.15, 0.2) is 5.96 Å². The second kappa shape index (κ2) is 12.6. The summed E-state index contributed by atoms with van der Waals surface area (Å²) in [6.45, 7) is 9.73. The Labute approximate surface area is 208 Å². The summed E-state index contributed by atoms with van der Waals surface area (Å²) in [4.78, 5) is 18.0. The fourth-order valence-electron chi connectivity index (χ4n) is 3.43. The molecule has 3 rings (SSSR count). The van der Waals surface area contributed by atoms with Gasteiger partial charge >= 0.3 is 6.09 Å². The predicted octanol–water partition coefficient (Wildman–Crippen LogP) is 3.28. The Morgan fingerprint density at radius 1 is 1.16 bits per heavy atom. The minimum Gasteiger partial charge on any atom is -0.444 e. The van der Waals surface area contributed by atoms with Gasteiger partial charge in [-0.3, -0.25) is 4.99 Å². The van der Waals surface area contributed by atoms with Crippen molar-refractivity contribution in [3.05, 3.63) is 35.4 Å². The SMILES string of the molecule is CN=C(NCc1ccc(COC2CCOCC2)cc1)NC1CN(C(=O)OC(C)(C)C)C1.I. The van der Waals surface area contributed by atoms with E-state index >= 15 is 0 Å². The highest BCUT2D eigenvalue weighted by molar-refractivity contribution is 14.0. The smallest absolute Gasteiger partial charge is 0.410 e. The number of amides is 1. The zero-order chi connectivity index (χ0) is 22.3. The van der Waals surface area contributed by atoms with Crippen LogP contribution in [-0.2, 0) is 27.4 Å². The zero-order valence-electron chi connectivity index (χ0n) is 19.6. The molecule has 1 amide bonds. The number of nitrogens with one attached hydrogen (secondary N) is 2. The van der Waals surface area contributed by atoms with Gasteiger partial charge in [-0.2, -0.15) is 0 Å². The van der Waals surface area contributed by atoms with E-state index in [0.29, 0.717) is 32.3 Å². The second-order valence-electron chi connectivity index (χ2n) is 9.09. The van der Waals surface area contributed by atoms with Gasteiger partial charge in [-0.25, -0.2) is 4.79 Å². The van der Waals surface area contributed by atoms with Gasteiger partial charge in [0.2, 0.25) is 0 Å². The maximum atomic E-state index is 12.0. The summed E-state index contributed by atoms with van der Waals surface area (Å²) < 4.78 is 16.7. The van der Waals surface area contributed by atoms with E-state index in [2.05, 4.69) is 39.9 Å². The van der Waals surface area contributed by atoms with Crippen molar-refractivity contribution < 1.29 is 19.0 Å². The fraction of sp³-hybridized carbons (Fsp3) is 0.652. The van der Waals surface area contributed by atoms with Crippen LogP contribution >= 0.6 is 24.0 Å². The zero-order valence-corrected chi connectivity index (χ0v) is 21.9. The second-order valence-corrected chi connectivity index (χ2v) is 9.09. The Morgan fingerprint density at radius 2 is 1.78 bits per heavy atom. The first-order valence-electron chi connectivity index (χ1n) is 11.0. The van der Waals surface area contributed by atoms with E-state index in [0.717, 1.165) is 32.0 Å². The van der Waals surface area contributed by atoms with Crippen molar-refractivity contribution in [3.8, 4) is 0 Å². The quantitative estimate of drug-likeness (QED) is 0.316. The topological polar surface area (TPSA) is 84.4 Å². The van der Waals surface area contributed by atoms with E-state index in [1.807, 2.05) is 20.8 Å². The Balaban J connectivity index is 0.00000363. The first-order valence-corrected chi connectivity index (χ1v) is 11.0. The molecule has 1 aromatic carbocycles. The molecule has 2 N–H and O–H groups in total. The van der Waals surface area contributed by atoms with Gasteiger partial charge in [0.05, 0.1) is 18.8 Å². The first kappa shape index (κ1) is 26.7. The summed E-state index contributed by atoms with van der Waals surface area (Å²) in [5.74, 6) is 0.723. The number of hydrogen-bond donors (Lipinski definition) is 2. The van der Waals surface area contributed by atoms with E-state index in [9.17, 15) is 4.79 Å².